The van der Waals surface area contributed by atoms with E-state index >= 15 is 0 Å². The van der Waals surface area contributed by atoms with E-state index in [1.54, 1.807) is 28.7 Å². The van der Waals surface area contributed by atoms with Crippen molar-refractivity contribution in [1.29, 1.82) is 0 Å². The molecule has 6 nitrogen and oxygen atoms in total. The van der Waals surface area contributed by atoms with Crippen LogP contribution in [0, 0.1) is 6.92 Å². The number of benzene rings is 3. The van der Waals surface area contributed by atoms with Crippen LogP contribution in [0.25, 0.3) is 22.7 Å². The lowest BCUT2D eigenvalue weighted by atomic mass is 10.1. The minimum atomic E-state index is -0.414. The number of amides is 1. The SMILES string of the molecule is CCC(c1nc2ccccc2c(=O)n1-c1ccc(C)cc1)N(CCCOC)C(=O)/C=C/c1ccccc1. The largest absolute Gasteiger partial charge is 0.385 e. The fraction of sp³-hybridized carbons (Fsp3) is 0.258. The summed E-state index contributed by atoms with van der Waals surface area (Å²) >= 11 is 0. The highest BCUT2D eigenvalue weighted by Gasteiger charge is 2.28. The van der Waals surface area contributed by atoms with E-state index in [1.807, 2.05) is 92.7 Å². The highest BCUT2D eigenvalue weighted by molar-refractivity contribution is 5.92. The van der Waals surface area contributed by atoms with Gasteiger partial charge in [-0.2, -0.15) is 0 Å². The number of rotatable bonds is 10. The third-order valence-electron chi connectivity index (χ3n) is 6.40. The average Bonchev–Trinajstić information content (AvgIpc) is 2.93. The maximum atomic E-state index is 13.8. The summed E-state index contributed by atoms with van der Waals surface area (Å²) in [6.07, 6.45) is 4.67. The third kappa shape index (κ3) is 6.04. The van der Waals surface area contributed by atoms with Crippen molar-refractivity contribution in [1.82, 2.24) is 14.5 Å². The smallest absolute Gasteiger partial charge is 0.266 e. The molecule has 1 heterocycles. The molecule has 4 rings (SSSR count). The number of aromatic nitrogens is 2. The van der Waals surface area contributed by atoms with Crippen LogP contribution in [0.4, 0.5) is 0 Å². The number of carbonyl (C=O) groups excluding carboxylic acids is 1. The molecule has 0 saturated heterocycles. The van der Waals surface area contributed by atoms with E-state index in [1.165, 1.54) is 0 Å². The van der Waals surface area contributed by atoms with Gasteiger partial charge in [-0.25, -0.2) is 4.98 Å². The van der Waals surface area contributed by atoms with Crippen molar-refractivity contribution < 1.29 is 9.53 Å². The normalized spacial score (nSPS) is 12.2. The van der Waals surface area contributed by atoms with E-state index in [9.17, 15) is 9.59 Å². The fourth-order valence-corrected chi connectivity index (χ4v) is 4.49. The van der Waals surface area contributed by atoms with Crippen LogP contribution in [0.15, 0.2) is 89.7 Å². The van der Waals surface area contributed by atoms with Gasteiger partial charge in [0.05, 0.1) is 22.6 Å². The second-order valence-corrected chi connectivity index (χ2v) is 9.01. The third-order valence-corrected chi connectivity index (χ3v) is 6.40. The first-order valence-electron chi connectivity index (χ1n) is 12.6. The molecule has 190 valence electrons. The lowest BCUT2D eigenvalue weighted by Gasteiger charge is -2.31. The molecule has 0 aliphatic rings. The Bertz CT molecular complexity index is 1430. The van der Waals surface area contributed by atoms with E-state index in [-0.39, 0.29) is 11.5 Å². The number of methoxy groups -OCH3 is 1. The molecule has 0 aliphatic heterocycles. The molecule has 1 atom stereocenters. The number of aryl methyl sites for hydroxylation is 1. The van der Waals surface area contributed by atoms with Crippen LogP contribution in [-0.2, 0) is 9.53 Å². The number of hydrogen-bond donors (Lipinski definition) is 0. The minimum Gasteiger partial charge on any atom is -0.385 e. The van der Waals surface area contributed by atoms with E-state index in [2.05, 4.69) is 0 Å². The number of hydrogen-bond acceptors (Lipinski definition) is 4. The molecule has 3 aromatic carbocycles. The second-order valence-electron chi connectivity index (χ2n) is 9.01. The molecule has 0 fully saturated rings. The number of fused-ring (bicyclic) bond motifs is 1. The monoisotopic (exact) mass is 495 g/mol. The van der Waals surface area contributed by atoms with Gasteiger partial charge in [-0.3, -0.25) is 14.2 Å². The van der Waals surface area contributed by atoms with Crippen molar-refractivity contribution in [2.24, 2.45) is 0 Å². The molecular weight excluding hydrogens is 462 g/mol. The lowest BCUT2D eigenvalue weighted by Crippen LogP contribution is -2.38. The highest BCUT2D eigenvalue weighted by atomic mass is 16.5. The Hall–Kier alpha value is -4.03. The summed E-state index contributed by atoms with van der Waals surface area (Å²) in [5, 5.41) is 0.544. The van der Waals surface area contributed by atoms with E-state index < -0.39 is 6.04 Å². The van der Waals surface area contributed by atoms with Gasteiger partial charge in [-0.15, -0.1) is 0 Å². The first-order chi connectivity index (χ1) is 18.0. The zero-order valence-corrected chi connectivity index (χ0v) is 21.6. The molecule has 0 aliphatic carbocycles. The number of carbonyl (C=O) groups is 1. The quantitative estimate of drug-likeness (QED) is 0.208. The summed E-state index contributed by atoms with van der Waals surface area (Å²) in [5.41, 5.74) is 3.24. The Morgan fingerprint density at radius 2 is 1.73 bits per heavy atom. The standard InChI is InChI=1S/C31H33N3O3/c1-4-28(33(21-10-22-37-3)29(35)20-17-24-11-6-5-7-12-24)30-32-27-14-9-8-13-26(27)31(36)34(30)25-18-15-23(2)16-19-25/h5-9,11-20,28H,4,10,21-22H2,1-3H3/b20-17+. The van der Waals surface area contributed by atoms with Crippen molar-refractivity contribution in [2.45, 2.75) is 32.7 Å². The van der Waals surface area contributed by atoms with E-state index in [0.717, 1.165) is 16.8 Å². The molecule has 37 heavy (non-hydrogen) atoms. The lowest BCUT2D eigenvalue weighted by molar-refractivity contribution is -0.128. The maximum absolute atomic E-state index is 13.8. The van der Waals surface area contributed by atoms with Crippen molar-refractivity contribution in [3.8, 4) is 5.69 Å². The van der Waals surface area contributed by atoms with Crippen LogP contribution >= 0.6 is 0 Å². The number of nitrogens with zero attached hydrogens (tertiary/aromatic N) is 3. The molecule has 0 N–H and O–H groups in total. The summed E-state index contributed by atoms with van der Waals surface area (Å²) in [4.78, 5) is 34.2. The van der Waals surface area contributed by atoms with Crippen molar-refractivity contribution in [2.75, 3.05) is 20.3 Å². The van der Waals surface area contributed by atoms with Crippen LogP contribution < -0.4 is 5.56 Å². The van der Waals surface area contributed by atoms with Gasteiger partial charge in [0.2, 0.25) is 5.91 Å². The van der Waals surface area contributed by atoms with Crippen molar-refractivity contribution >= 4 is 22.9 Å². The zero-order valence-electron chi connectivity index (χ0n) is 21.6. The Kier molecular flexibility index (Phi) is 8.64. The number of ether oxygens (including phenoxy) is 1. The second kappa shape index (κ2) is 12.3. The minimum absolute atomic E-state index is 0.135. The Labute approximate surface area is 217 Å². The highest BCUT2D eigenvalue weighted by Crippen LogP contribution is 2.27. The van der Waals surface area contributed by atoms with Gasteiger partial charge in [0.1, 0.15) is 5.82 Å². The van der Waals surface area contributed by atoms with Gasteiger partial charge in [-0.05, 0) is 55.7 Å². The van der Waals surface area contributed by atoms with Crippen LogP contribution in [0.5, 0.6) is 0 Å². The maximum Gasteiger partial charge on any atom is 0.266 e. The molecule has 0 bridgehead atoms. The van der Waals surface area contributed by atoms with E-state index in [0.29, 0.717) is 42.7 Å². The van der Waals surface area contributed by atoms with Crippen LogP contribution in [0.2, 0.25) is 0 Å². The Morgan fingerprint density at radius 3 is 2.43 bits per heavy atom. The van der Waals surface area contributed by atoms with Crippen molar-refractivity contribution in [3.05, 3.63) is 112 Å². The molecular formula is C31H33N3O3. The predicted octanol–water partition coefficient (Wildman–Crippen LogP) is 5.72. The Balaban J connectivity index is 1.84. The zero-order chi connectivity index (χ0) is 26.2. The predicted molar refractivity (Wildman–Crippen MR) is 149 cm³/mol. The van der Waals surface area contributed by atoms with Gasteiger partial charge in [0, 0.05) is 26.3 Å². The molecule has 1 amide bonds. The average molecular weight is 496 g/mol. The molecule has 0 saturated carbocycles. The molecule has 0 spiro atoms. The van der Waals surface area contributed by atoms with Gasteiger partial charge in [0.15, 0.2) is 0 Å². The molecule has 6 heteroatoms. The van der Waals surface area contributed by atoms with Gasteiger partial charge >= 0.3 is 0 Å². The summed E-state index contributed by atoms with van der Waals surface area (Å²) in [5.74, 6) is 0.415. The van der Waals surface area contributed by atoms with Crippen LogP contribution in [0.3, 0.4) is 0 Å². The van der Waals surface area contributed by atoms with Gasteiger partial charge in [-0.1, -0.05) is 67.1 Å². The first-order valence-corrected chi connectivity index (χ1v) is 12.6. The summed E-state index contributed by atoms with van der Waals surface area (Å²) in [7, 11) is 1.65. The molecule has 4 aromatic rings. The van der Waals surface area contributed by atoms with Crippen molar-refractivity contribution in [3.63, 3.8) is 0 Å². The van der Waals surface area contributed by atoms with Gasteiger partial charge < -0.3 is 9.64 Å². The summed E-state index contributed by atoms with van der Waals surface area (Å²) < 4.78 is 6.93. The fourth-order valence-electron chi connectivity index (χ4n) is 4.49. The van der Waals surface area contributed by atoms with Crippen LogP contribution in [-0.4, -0.2) is 40.6 Å². The van der Waals surface area contributed by atoms with E-state index in [4.69, 9.17) is 9.72 Å². The summed E-state index contributed by atoms with van der Waals surface area (Å²) in [6, 6.07) is 24.5. The molecule has 1 aromatic heterocycles. The number of para-hydroxylation sites is 1. The first kappa shape index (κ1) is 26.0. The molecule has 1 unspecified atom stereocenters. The Morgan fingerprint density at radius 1 is 1.03 bits per heavy atom. The van der Waals surface area contributed by atoms with Gasteiger partial charge in [0.25, 0.3) is 5.56 Å². The van der Waals surface area contributed by atoms with Crippen LogP contribution in [0.1, 0.15) is 42.8 Å². The summed E-state index contributed by atoms with van der Waals surface area (Å²) in [6.45, 7) is 5.03. The molecule has 0 radical (unpaired) electrons. The topological polar surface area (TPSA) is 64.4 Å².